The van der Waals surface area contributed by atoms with Crippen LogP contribution in [0.3, 0.4) is 0 Å². The van der Waals surface area contributed by atoms with E-state index in [1.807, 2.05) is 18.2 Å². The Morgan fingerprint density at radius 3 is 1.56 bits per heavy atom. The molecule has 3 nitrogen and oxygen atoms in total. The van der Waals surface area contributed by atoms with Crippen molar-refractivity contribution >= 4 is 18.6 Å². The number of ether oxygens (including phenoxy) is 1. The van der Waals surface area contributed by atoms with Gasteiger partial charge in [-0.1, -0.05) is 131 Å². The molecule has 1 unspecified atom stereocenters. The van der Waals surface area contributed by atoms with Gasteiger partial charge in [-0.25, -0.2) is 0 Å². The summed E-state index contributed by atoms with van der Waals surface area (Å²) in [6.45, 7) is 17.3. The van der Waals surface area contributed by atoms with E-state index in [-0.39, 0.29) is 22.0 Å². The van der Waals surface area contributed by atoms with Crippen molar-refractivity contribution in [1.29, 1.82) is 0 Å². The number of carbonyl (C=O) groups is 1. The monoisotopic (exact) mass is 494 g/mol. The number of hydrogen-bond donors (Lipinski definition) is 2. The van der Waals surface area contributed by atoms with Crippen molar-refractivity contribution in [3.05, 3.63) is 29.3 Å². The predicted molar refractivity (Wildman–Crippen MR) is 151 cm³/mol. The number of phenols is 1. The second-order valence-electron chi connectivity index (χ2n) is 11.6. The number of aromatic hydroxyl groups is 1. The minimum Gasteiger partial charge on any atom is -0.507 e. The molecule has 1 rings (SSSR count). The molecular formula is C30H54O3S. The van der Waals surface area contributed by atoms with E-state index in [9.17, 15) is 9.90 Å². The van der Waals surface area contributed by atoms with Crippen LogP contribution in [-0.2, 0) is 20.4 Å². The fourth-order valence-corrected chi connectivity index (χ4v) is 3.89. The Hall–Kier alpha value is -1.16. The van der Waals surface area contributed by atoms with Crippen LogP contribution in [0.15, 0.2) is 18.2 Å². The molecule has 0 saturated carbocycles. The van der Waals surface area contributed by atoms with E-state index in [2.05, 4.69) is 61.1 Å². The van der Waals surface area contributed by atoms with E-state index in [1.165, 1.54) is 64.2 Å². The second kappa shape index (κ2) is 17.3. The molecule has 1 N–H and O–H groups in total. The molecule has 0 fully saturated rings. The first-order chi connectivity index (χ1) is 15.8. The highest BCUT2D eigenvalue weighted by atomic mass is 32.1. The molecule has 0 radical (unpaired) electrons. The van der Waals surface area contributed by atoms with Crippen molar-refractivity contribution in [3.8, 4) is 5.75 Å². The third-order valence-corrected chi connectivity index (χ3v) is 6.20. The van der Waals surface area contributed by atoms with Crippen LogP contribution < -0.4 is 0 Å². The van der Waals surface area contributed by atoms with Gasteiger partial charge in [0.15, 0.2) is 0 Å². The Kier molecular flexibility index (Phi) is 16.7. The first kappa shape index (κ1) is 32.8. The molecule has 4 heteroatoms. The molecular weight excluding hydrogens is 440 g/mol. The van der Waals surface area contributed by atoms with Crippen LogP contribution in [0.1, 0.15) is 137 Å². The molecule has 1 aromatic carbocycles. The lowest BCUT2D eigenvalue weighted by atomic mass is 9.80. The van der Waals surface area contributed by atoms with Crippen molar-refractivity contribution in [1.82, 2.24) is 0 Å². The number of hydrogen-bond acceptors (Lipinski definition) is 4. The number of esters is 1. The van der Waals surface area contributed by atoms with E-state index in [0.29, 0.717) is 12.4 Å². The van der Waals surface area contributed by atoms with Crippen LogP contribution in [0.2, 0.25) is 0 Å². The van der Waals surface area contributed by atoms with Crippen LogP contribution in [0.4, 0.5) is 0 Å². The quantitative estimate of drug-likeness (QED) is 0.163. The molecule has 1 aromatic rings. The summed E-state index contributed by atoms with van der Waals surface area (Å²) >= 11 is 4.03. The lowest BCUT2D eigenvalue weighted by Crippen LogP contribution is -2.16. The lowest BCUT2D eigenvalue weighted by molar-refractivity contribution is -0.142. The van der Waals surface area contributed by atoms with Gasteiger partial charge in [-0.3, -0.25) is 4.79 Å². The molecule has 0 aliphatic rings. The summed E-state index contributed by atoms with van der Waals surface area (Å²) in [5.41, 5.74) is 2.03. The van der Waals surface area contributed by atoms with Crippen molar-refractivity contribution in [2.75, 3.05) is 6.61 Å². The van der Waals surface area contributed by atoms with E-state index in [4.69, 9.17) is 4.74 Å². The summed E-state index contributed by atoms with van der Waals surface area (Å²) in [6.07, 6.45) is 14.4. The standard InChI is InChI=1S/C16H32O2S.C14H22O/c1-3-4-5-6-7-8-9-10-11-12-13-14-18-16(17)15(2)19;1-13(2,3)10-8-7-9-11(12(10)15)14(4,5)6/h15,19H,3-14H2,1-2H3;7-9,15H,1-6H3. The largest absolute Gasteiger partial charge is 0.507 e. The number of carbonyl (C=O) groups excluding carboxylic acids is 1. The predicted octanol–water partition coefficient (Wildman–Crippen LogP) is 9.15. The normalized spacial score (nSPS) is 12.6. The molecule has 34 heavy (non-hydrogen) atoms. The van der Waals surface area contributed by atoms with Gasteiger partial charge in [0.2, 0.25) is 0 Å². The average Bonchev–Trinajstić information content (AvgIpc) is 2.73. The smallest absolute Gasteiger partial charge is 0.318 e. The minimum absolute atomic E-state index is 0.00859. The number of thiol groups is 1. The number of para-hydroxylation sites is 1. The maximum absolute atomic E-state index is 11.1. The highest BCUT2D eigenvalue weighted by Crippen LogP contribution is 2.38. The summed E-state index contributed by atoms with van der Waals surface area (Å²) in [5, 5.41) is 9.96. The van der Waals surface area contributed by atoms with Crippen LogP contribution in [0, 0.1) is 0 Å². The highest BCUT2D eigenvalue weighted by Gasteiger charge is 2.24. The molecule has 0 amide bonds. The third kappa shape index (κ3) is 15.0. The summed E-state index contributed by atoms with van der Waals surface area (Å²) in [6, 6.07) is 6.04. The van der Waals surface area contributed by atoms with Gasteiger partial charge in [-0.05, 0) is 35.3 Å². The zero-order valence-corrected chi connectivity index (χ0v) is 24.4. The molecule has 0 aromatic heterocycles. The fraction of sp³-hybridized carbons (Fsp3) is 0.767. The average molecular weight is 495 g/mol. The molecule has 198 valence electrons. The fourth-order valence-electron chi connectivity index (χ4n) is 3.81. The molecule has 0 heterocycles. The van der Waals surface area contributed by atoms with Crippen molar-refractivity contribution in [3.63, 3.8) is 0 Å². The summed E-state index contributed by atoms with van der Waals surface area (Å²) in [7, 11) is 0. The first-order valence-electron chi connectivity index (χ1n) is 13.5. The Balaban J connectivity index is 0.000000657. The van der Waals surface area contributed by atoms with Gasteiger partial charge >= 0.3 is 5.97 Å². The van der Waals surface area contributed by atoms with Gasteiger partial charge in [0, 0.05) is 0 Å². The molecule has 0 aliphatic heterocycles. The minimum atomic E-state index is -0.298. The molecule has 0 saturated heterocycles. The SMILES string of the molecule is CC(C)(C)c1cccc(C(C)(C)C)c1O.CCCCCCCCCCCCCOC(=O)C(C)S. The molecule has 1 atom stereocenters. The summed E-state index contributed by atoms with van der Waals surface area (Å²) < 4.78 is 5.07. The second-order valence-corrected chi connectivity index (χ2v) is 12.4. The zero-order valence-electron chi connectivity index (χ0n) is 23.5. The van der Waals surface area contributed by atoms with Crippen molar-refractivity contribution < 1.29 is 14.6 Å². The molecule has 0 aliphatic carbocycles. The molecule has 0 spiro atoms. The lowest BCUT2D eigenvalue weighted by Gasteiger charge is -2.26. The van der Waals surface area contributed by atoms with Gasteiger partial charge in [-0.2, -0.15) is 12.6 Å². The number of phenolic OH excluding ortho intramolecular Hbond substituents is 1. The van der Waals surface area contributed by atoms with Crippen LogP contribution in [0.5, 0.6) is 5.75 Å². The van der Waals surface area contributed by atoms with E-state index >= 15 is 0 Å². The van der Waals surface area contributed by atoms with Crippen molar-refractivity contribution in [2.45, 2.75) is 142 Å². The van der Waals surface area contributed by atoms with Crippen molar-refractivity contribution in [2.24, 2.45) is 0 Å². The first-order valence-corrected chi connectivity index (χ1v) is 14.0. The molecule has 0 bridgehead atoms. The summed E-state index contributed by atoms with van der Waals surface area (Å²) in [4.78, 5) is 11.1. The van der Waals surface area contributed by atoms with Crippen LogP contribution >= 0.6 is 12.6 Å². The maximum Gasteiger partial charge on any atom is 0.318 e. The number of benzene rings is 1. The van der Waals surface area contributed by atoms with Crippen LogP contribution in [-0.4, -0.2) is 22.9 Å². The third-order valence-electron chi connectivity index (χ3n) is 5.99. The summed E-state index contributed by atoms with van der Waals surface area (Å²) in [5.74, 6) is 0.257. The Bertz CT molecular complexity index is 636. The van der Waals surface area contributed by atoms with E-state index in [1.54, 1.807) is 6.92 Å². The zero-order chi connectivity index (χ0) is 26.2. The van der Waals surface area contributed by atoms with Crippen LogP contribution in [0.25, 0.3) is 0 Å². The van der Waals surface area contributed by atoms with Gasteiger partial charge < -0.3 is 9.84 Å². The maximum atomic E-state index is 11.1. The van der Waals surface area contributed by atoms with Gasteiger partial charge in [0.05, 0.1) is 11.9 Å². The van der Waals surface area contributed by atoms with E-state index in [0.717, 1.165) is 17.5 Å². The Morgan fingerprint density at radius 1 is 0.824 bits per heavy atom. The van der Waals surface area contributed by atoms with E-state index < -0.39 is 0 Å². The Labute approximate surface area is 216 Å². The topological polar surface area (TPSA) is 46.5 Å². The van der Waals surface area contributed by atoms with Gasteiger partial charge in [0.1, 0.15) is 5.75 Å². The number of rotatable bonds is 13. The number of unbranched alkanes of at least 4 members (excludes halogenated alkanes) is 10. The van der Waals surface area contributed by atoms with Gasteiger partial charge in [-0.15, -0.1) is 0 Å². The highest BCUT2D eigenvalue weighted by molar-refractivity contribution is 7.81. The Morgan fingerprint density at radius 2 is 1.21 bits per heavy atom. The van der Waals surface area contributed by atoms with Gasteiger partial charge in [0.25, 0.3) is 0 Å².